The predicted octanol–water partition coefficient (Wildman–Crippen LogP) is 7.09. The molecule has 3 rings (SSSR count). The van der Waals surface area contributed by atoms with Gasteiger partial charge in [0.2, 0.25) is 0 Å². The van der Waals surface area contributed by atoms with Crippen molar-refractivity contribution in [2.75, 3.05) is 18.4 Å². The third-order valence-corrected chi connectivity index (χ3v) is 5.26. The van der Waals surface area contributed by atoms with E-state index in [0.717, 1.165) is 48.3 Å². The van der Waals surface area contributed by atoms with Crippen LogP contribution in [0.1, 0.15) is 69.2 Å². The Hall–Kier alpha value is -2.73. The SMILES string of the molecule is C=CC(C)=NC=C(C)C.CCC.Cc1cc(NC2=NCCCN2)c(C)cc1Cc1nccs1. The summed E-state index contributed by atoms with van der Waals surface area (Å²) in [6.07, 6.45) is 8.70. The van der Waals surface area contributed by atoms with Crippen LogP contribution >= 0.6 is 11.3 Å². The highest BCUT2D eigenvalue weighted by molar-refractivity contribution is 7.09. The standard InChI is InChI=1S/C16H20N4S.C8H13N.C3H8/c1-11-9-14(20-16-18-4-3-5-19-16)12(2)8-13(11)10-15-17-6-7-21-15;1-5-8(4)9-6-7(2)3;1-3-2/h6-9H,3-5,10H2,1-2H3,(H2,18,19,20);5-6H,1H2,2-4H3;3H2,1-2H3. The van der Waals surface area contributed by atoms with E-state index in [-0.39, 0.29) is 0 Å². The molecule has 33 heavy (non-hydrogen) atoms. The molecule has 6 heteroatoms. The van der Waals surface area contributed by atoms with Crippen LogP contribution in [0.25, 0.3) is 0 Å². The van der Waals surface area contributed by atoms with Gasteiger partial charge in [0.15, 0.2) is 5.96 Å². The van der Waals surface area contributed by atoms with Gasteiger partial charge in [-0.1, -0.05) is 38.5 Å². The smallest absolute Gasteiger partial charge is 0.195 e. The zero-order chi connectivity index (χ0) is 24.6. The Labute approximate surface area is 204 Å². The van der Waals surface area contributed by atoms with Gasteiger partial charge in [0.1, 0.15) is 0 Å². The first-order valence-corrected chi connectivity index (χ1v) is 12.5. The highest BCUT2D eigenvalue weighted by Gasteiger charge is 2.09. The van der Waals surface area contributed by atoms with Crippen molar-refractivity contribution in [2.45, 2.75) is 67.7 Å². The Balaban J connectivity index is 0.000000382. The van der Waals surface area contributed by atoms with Crippen LogP contribution in [0.3, 0.4) is 0 Å². The Morgan fingerprint density at radius 1 is 1.21 bits per heavy atom. The number of aliphatic imine (C=N–C) groups is 2. The second kappa shape index (κ2) is 16.0. The molecule has 0 fully saturated rings. The van der Waals surface area contributed by atoms with Crippen LogP contribution in [0.2, 0.25) is 0 Å². The van der Waals surface area contributed by atoms with Crippen molar-refractivity contribution in [2.24, 2.45) is 9.98 Å². The summed E-state index contributed by atoms with van der Waals surface area (Å²) in [6, 6.07) is 4.46. The van der Waals surface area contributed by atoms with Crippen molar-refractivity contribution in [1.82, 2.24) is 10.3 Å². The molecule has 0 amide bonds. The van der Waals surface area contributed by atoms with E-state index in [2.05, 4.69) is 72.0 Å². The number of aromatic nitrogens is 1. The van der Waals surface area contributed by atoms with E-state index in [0.29, 0.717) is 0 Å². The molecule has 0 radical (unpaired) electrons. The van der Waals surface area contributed by atoms with Gasteiger partial charge >= 0.3 is 0 Å². The number of thiazole rings is 1. The molecule has 1 aliphatic rings. The molecular weight excluding hydrogens is 426 g/mol. The van der Waals surface area contributed by atoms with Gasteiger partial charge in [0.05, 0.1) is 5.01 Å². The van der Waals surface area contributed by atoms with Crippen molar-refractivity contribution in [1.29, 1.82) is 0 Å². The number of hydrogen-bond donors (Lipinski definition) is 2. The molecule has 0 saturated carbocycles. The number of aryl methyl sites for hydroxylation is 2. The van der Waals surface area contributed by atoms with E-state index >= 15 is 0 Å². The van der Waals surface area contributed by atoms with Gasteiger partial charge < -0.3 is 10.6 Å². The van der Waals surface area contributed by atoms with Crippen LogP contribution in [0.4, 0.5) is 5.69 Å². The summed E-state index contributed by atoms with van der Waals surface area (Å²) in [6.45, 7) is 20.0. The number of nitrogens with one attached hydrogen (secondary N) is 2. The van der Waals surface area contributed by atoms with Gasteiger partial charge in [-0.2, -0.15) is 0 Å². The van der Waals surface area contributed by atoms with Gasteiger partial charge in [0.25, 0.3) is 0 Å². The molecule has 1 aliphatic heterocycles. The molecule has 0 unspecified atom stereocenters. The first kappa shape index (κ1) is 28.3. The lowest BCUT2D eigenvalue weighted by Crippen LogP contribution is -2.35. The molecule has 0 spiro atoms. The number of anilines is 1. The Morgan fingerprint density at radius 2 is 1.94 bits per heavy atom. The van der Waals surface area contributed by atoms with Crippen molar-refractivity contribution in [3.63, 3.8) is 0 Å². The van der Waals surface area contributed by atoms with Crippen molar-refractivity contribution in [3.05, 3.63) is 69.8 Å². The normalized spacial score (nSPS) is 12.7. The van der Waals surface area contributed by atoms with E-state index < -0.39 is 0 Å². The maximum absolute atomic E-state index is 4.46. The average Bonchev–Trinajstić information content (AvgIpc) is 3.30. The summed E-state index contributed by atoms with van der Waals surface area (Å²) in [5.74, 6) is 0.886. The quantitative estimate of drug-likeness (QED) is 0.462. The number of guanidine groups is 1. The summed E-state index contributed by atoms with van der Waals surface area (Å²) >= 11 is 1.71. The van der Waals surface area contributed by atoms with Crippen LogP contribution in [-0.2, 0) is 6.42 Å². The van der Waals surface area contributed by atoms with E-state index in [4.69, 9.17) is 0 Å². The summed E-state index contributed by atoms with van der Waals surface area (Å²) in [7, 11) is 0. The second-order valence-electron chi connectivity index (χ2n) is 8.22. The van der Waals surface area contributed by atoms with Gasteiger partial charge in [-0.15, -0.1) is 11.3 Å². The largest absolute Gasteiger partial charge is 0.356 e. The summed E-state index contributed by atoms with van der Waals surface area (Å²) < 4.78 is 0. The molecule has 0 atom stereocenters. The molecule has 2 aromatic rings. The zero-order valence-corrected chi connectivity index (χ0v) is 22.3. The molecular formula is C27H41N5S. The molecule has 0 aliphatic carbocycles. The van der Waals surface area contributed by atoms with Crippen LogP contribution in [-0.4, -0.2) is 29.7 Å². The van der Waals surface area contributed by atoms with E-state index in [9.17, 15) is 0 Å². The van der Waals surface area contributed by atoms with Crippen LogP contribution < -0.4 is 10.6 Å². The summed E-state index contributed by atoms with van der Waals surface area (Å²) in [5.41, 5.74) is 7.15. The third kappa shape index (κ3) is 11.6. The second-order valence-corrected chi connectivity index (χ2v) is 9.20. The minimum absolute atomic E-state index is 0.886. The molecule has 2 heterocycles. The molecule has 1 aromatic carbocycles. The molecule has 0 bridgehead atoms. The fourth-order valence-electron chi connectivity index (χ4n) is 2.73. The first-order chi connectivity index (χ1) is 15.8. The molecule has 2 N–H and O–H groups in total. The Morgan fingerprint density at radius 3 is 2.48 bits per heavy atom. The van der Waals surface area contributed by atoms with Crippen LogP contribution in [0.5, 0.6) is 0 Å². The molecule has 1 aromatic heterocycles. The number of hydrogen-bond acceptors (Lipinski definition) is 6. The lowest BCUT2D eigenvalue weighted by atomic mass is 10.0. The van der Waals surface area contributed by atoms with E-state index in [1.165, 1.54) is 28.7 Å². The fourth-order valence-corrected chi connectivity index (χ4v) is 3.37. The Kier molecular flexibility index (Phi) is 13.7. The molecule has 180 valence electrons. The number of nitrogens with zero attached hydrogens (tertiary/aromatic N) is 3. The van der Waals surface area contributed by atoms with Gasteiger partial charge in [0, 0.05) is 48.7 Å². The molecule has 5 nitrogen and oxygen atoms in total. The van der Waals surface area contributed by atoms with Gasteiger partial charge in [-0.3, -0.25) is 9.98 Å². The van der Waals surface area contributed by atoms with E-state index in [1.54, 1.807) is 17.4 Å². The van der Waals surface area contributed by atoms with E-state index in [1.807, 2.05) is 38.5 Å². The number of benzene rings is 1. The average molecular weight is 468 g/mol. The van der Waals surface area contributed by atoms with Crippen LogP contribution in [0, 0.1) is 13.8 Å². The van der Waals surface area contributed by atoms with Crippen LogP contribution in [0.15, 0.2) is 58.1 Å². The number of allylic oxidation sites excluding steroid dienone is 2. The fraction of sp³-hybridized carbons (Fsp3) is 0.444. The summed E-state index contributed by atoms with van der Waals surface area (Å²) in [5, 5.41) is 9.89. The maximum Gasteiger partial charge on any atom is 0.195 e. The third-order valence-electron chi connectivity index (χ3n) is 4.48. The summed E-state index contributed by atoms with van der Waals surface area (Å²) in [4.78, 5) is 12.9. The highest BCUT2D eigenvalue weighted by atomic mass is 32.1. The monoisotopic (exact) mass is 467 g/mol. The van der Waals surface area contributed by atoms with Crippen molar-refractivity contribution >= 4 is 28.7 Å². The zero-order valence-electron chi connectivity index (χ0n) is 21.5. The first-order valence-electron chi connectivity index (χ1n) is 11.6. The minimum atomic E-state index is 0.886. The van der Waals surface area contributed by atoms with Crippen molar-refractivity contribution < 1.29 is 0 Å². The lowest BCUT2D eigenvalue weighted by molar-refractivity contribution is 0.740. The maximum atomic E-state index is 4.46. The van der Waals surface area contributed by atoms with Gasteiger partial charge in [-0.05, 0) is 69.9 Å². The highest BCUT2D eigenvalue weighted by Crippen LogP contribution is 2.23. The predicted molar refractivity (Wildman–Crippen MR) is 148 cm³/mol. The number of rotatable bonds is 5. The lowest BCUT2D eigenvalue weighted by Gasteiger charge is -2.18. The van der Waals surface area contributed by atoms with Gasteiger partial charge in [-0.25, -0.2) is 4.98 Å². The van der Waals surface area contributed by atoms with Crippen molar-refractivity contribution in [3.8, 4) is 0 Å². The molecule has 0 saturated heterocycles. The Bertz CT molecular complexity index is 936. The minimum Gasteiger partial charge on any atom is -0.356 e. The topological polar surface area (TPSA) is 61.7 Å².